The lowest BCUT2D eigenvalue weighted by Crippen LogP contribution is -2.41. The second-order valence-corrected chi connectivity index (χ2v) is 6.80. The fourth-order valence-electron chi connectivity index (χ4n) is 2.57. The summed E-state index contributed by atoms with van der Waals surface area (Å²) in [5.41, 5.74) is 6.37. The van der Waals surface area contributed by atoms with Gasteiger partial charge in [-0.15, -0.1) is 0 Å². The van der Waals surface area contributed by atoms with E-state index in [9.17, 15) is 14.0 Å². The number of carbonyl (C=O) groups is 2. The van der Waals surface area contributed by atoms with Gasteiger partial charge in [-0.3, -0.25) is 9.59 Å². The number of halogens is 1. The van der Waals surface area contributed by atoms with Gasteiger partial charge in [-0.25, -0.2) is 9.38 Å². The van der Waals surface area contributed by atoms with Crippen LogP contribution in [0.1, 0.15) is 29.8 Å². The Morgan fingerprint density at radius 2 is 1.74 bits per heavy atom. The zero-order valence-corrected chi connectivity index (χ0v) is 17.7. The van der Waals surface area contributed by atoms with Crippen LogP contribution in [0.5, 0.6) is 5.75 Å². The number of ether oxygens (including phenoxy) is 1. The molecule has 0 spiro atoms. The van der Waals surface area contributed by atoms with Gasteiger partial charge in [-0.1, -0.05) is 12.1 Å². The number of carbonyl (C=O) groups excluding carboxylic acids is 2. The summed E-state index contributed by atoms with van der Waals surface area (Å²) in [7, 11) is 0. The standard InChI is InChI=1S/C22H28FN5O3/c1-3-25-22(27-12-15(2)31-19-10-8-18(23)9-11-19)28-13-16-4-6-17(7-5-16)21(30)26-14-20(24)29/h4-11,15H,3,12-14H2,1-2H3,(H2,24,29)(H,26,30)(H2,25,27,28). The van der Waals surface area contributed by atoms with Crippen LogP contribution < -0.4 is 26.4 Å². The van der Waals surface area contributed by atoms with Gasteiger partial charge in [-0.2, -0.15) is 0 Å². The van der Waals surface area contributed by atoms with E-state index in [1.807, 2.05) is 13.8 Å². The number of hydrogen-bond acceptors (Lipinski definition) is 4. The fraction of sp³-hybridized carbons (Fsp3) is 0.318. The van der Waals surface area contributed by atoms with Gasteiger partial charge in [0.05, 0.1) is 19.6 Å². The molecule has 0 bridgehead atoms. The molecule has 0 aliphatic rings. The Kier molecular flexibility index (Phi) is 9.28. The van der Waals surface area contributed by atoms with Crippen molar-refractivity contribution in [1.82, 2.24) is 16.0 Å². The first kappa shape index (κ1) is 23.7. The quantitative estimate of drug-likeness (QED) is 0.338. The van der Waals surface area contributed by atoms with E-state index in [1.165, 1.54) is 12.1 Å². The minimum atomic E-state index is -0.597. The van der Waals surface area contributed by atoms with E-state index < -0.39 is 5.91 Å². The number of nitrogens with one attached hydrogen (secondary N) is 3. The zero-order valence-electron chi connectivity index (χ0n) is 17.7. The van der Waals surface area contributed by atoms with Crippen LogP contribution in [0.25, 0.3) is 0 Å². The van der Waals surface area contributed by atoms with Crippen molar-refractivity contribution < 1.29 is 18.7 Å². The SMILES string of the molecule is CCNC(=NCc1ccc(C(=O)NCC(N)=O)cc1)NCC(C)Oc1ccc(F)cc1. The highest BCUT2D eigenvalue weighted by molar-refractivity contribution is 5.96. The smallest absolute Gasteiger partial charge is 0.251 e. The van der Waals surface area contributed by atoms with Crippen LogP contribution in [0.2, 0.25) is 0 Å². The van der Waals surface area contributed by atoms with Crippen molar-refractivity contribution in [2.24, 2.45) is 10.7 Å². The van der Waals surface area contributed by atoms with Gasteiger partial charge < -0.3 is 26.4 Å². The minimum Gasteiger partial charge on any atom is -0.489 e. The fourth-order valence-corrected chi connectivity index (χ4v) is 2.57. The lowest BCUT2D eigenvalue weighted by atomic mass is 10.1. The molecule has 8 nitrogen and oxygen atoms in total. The first-order valence-corrected chi connectivity index (χ1v) is 9.97. The van der Waals surface area contributed by atoms with Crippen LogP contribution in [-0.4, -0.2) is 43.5 Å². The molecule has 0 saturated heterocycles. The topological polar surface area (TPSA) is 118 Å². The summed E-state index contributed by atoms with van der Waals surface area (Å²) in [6, 6.07) is 12.8. The first-order valence-electron chi connectivity index (χ1n) is 9.97. The predicted octanol–water partition coefficient (Wildman–Crippen LogP) is 1.56. The molecule has 2 amide bonds. The lowest BCUT2D eigenvalue weighted by molar-refractivity contribution is -0.117. The third-order valence-corrected chi connectivity index (χ3v) is 4.11. The second kappa shape index (κ2) is 12.2. The van der Waals surface area contributed by atoms with E-state index >= 15 is 0 Å². The normalized spacial score (nSPS) is 12.0. The van der Waals surface area contributed by atoms with Crippen LogP contribution in [0, 0.1) is 5.82 Å². The van der Waals surface area contributed by atoms with Gasteiger partial charge in [0, 0.05) is 12.1 Å². The Labute approximate surface area is 181 Å². The van der Waals surface area contributed by atoms with Crippen LogP contribution in [0.3, 0.4) is 0 Å². The molecule has 5 N–H and O–H groups in total. The van der Waals surface area contributed by atoms with Crippen LogP contribution >= 0.6 is 0 Å². The second-order valence-electron chi connectivity index (χ2n) is 6.80. The summed E-state index contributed by atoms with van der Waals surface area (Å²) in [4.78, 5) is 27.2. The number of benzene rings is 2. The van der Waals surface area contributed by atoms with Crippen LogP contribution in [0.4, 0.5) is 4.39 Å². The number of nitrogens with zero attached hydrogens (tertiary/aromatic N) is 1. The van der Waals surface area contributed by atoms with E-state index in [2.05, 4.69) is 20.9 Å². The van der Waals surface area contributed by atoms with Crippen molar-refractivity contribution in [2.45, 2.75) is 26.5 Å². The Bertz CT molecular complexity index is 885. The van der Waals surface area contributed by atoms with E-state index in [0.717, 1.165) is 5.56 Å². The number of rotatable bonds is 10. The molecular weight excluding hydrogens is 401 g/mol. The maximum Gasteiger partial charge on any atom is 0.251 e. The monoisotopic (exact) mass is 429 g/mol. The molecule has 0 aliphatic heterocycles. The molecule has 0 saturated carbocycles. The molecule has 2 rings (SSSR count). The molecule has 0 aromatic heterocycles. The molecule has 166 valence electrons. The summed E-state index contributed by atoms with van der Waals surface area (Å²) in [5, 5.41) is 8.81. The Balaban J connectivity index is 1.87. The average molecular weight is 429 g/mol. The van der Waals surface area contributed by atoms with E-state index in [4.69, 9.17) is 10.5 Å². The van der Waals surface area contributed by atoms with Crippen molar-refractivity contribution in [3.05, 3.63) is 65.5 Å². The number of primary amides is 1. The van der Waals surface area contributed by atoms with Crippen molar-refractivity contribution in [3.8, 4) is 5.75 Å². The first-order chi connectivity index (χ1) is 14.9. The number of amides is 2. The molecule has 0 aliphatic carbocycles. The molecule has 0 heterocycles. The average Bonchev–Trinajstić information content (AvgIpc) is 2.76. The third-order valence-electron chi connectivity index (χ3n) is 4.11. The molecule has 2 aromatic carbocycles. The molecular formula is C22H28FN5O3. The number of guanidine groups is 1. The summed E-state index contributed by atoms with van der Waals surface area (Å²) in [5.74, 6) is -0.0453. The number of hydrogen-bond donors (Lipinski definition) is 4. The van der Waals surface area contributed by atoms with Gasteiger partial charge >= 0.3 is 0 Å². The molecule has 1 unspecified atom stereocenters. The summed E-state index contributed by atoms with van der Waals surface area (Å²) >= 11 is 0. The molecule has 2 aromatic rings. The summed E-state index contributed by atoms with van der Waals surface area (Å²) < 4.78 is 18.7. The molecule has 0 fully saturated rings. The third kappa shape index (κ3) is 8.73. The minimum absolute atomic E-state index is 0.160. The molecule has 0 radical (unpaired) electrons. The predicted molar refractivity (Wildman–Crippen MR) is 117 cm³/mol. The largest absolute Gasteiger partial charge is 0.489 e. The Hall–Kier alpha value is -3.62. The van der Waals surface area contributed by atoms with Crippen molar-refractivity contribution in [2.75, 3.05) is 19.6 Å². The highest BCUT2D eigenvalue weighted by atomic mass is 19.1. The van der Waals surface area contributed by atoms with Crippen molar-refractivity contribution in [1.29, 1.82) is 0 Å². The molecule has 31 heavy (non-hydrogen) atoms. The lowest BCUT2D eigenvalue weighted by Gasteiger charge is -2.17. The van der Waals surface area contributed by atoms with E-state index in [1.54, 1.807) is 36.4 Å². The summed E-state index contributed by atoms with van der Waals surface area (Å²) in [6.07, 6.45) is -0.160. The Morgan fingerprint density at radius 3 is 2.35 bits per heavy atom. The zero-order chi connectivity index (χ0) is 22.6. The number of nitrogens with two attached hydrogens (primary N) is 1. The van der Waals surface area contributed by atoms with Crippen molar-refractivity contribution in [3.63, 3.8) is 0 Å². The number of aliphatic imine (C=N–C) groups is 1. The molecule has 9 heteroatoms. The van der Waals surface area contributed by atoms with Crippen molar-refractivity contribution >= 4 is 17.8 Å². The van der Waals surface area contributed by atoms with Crippen LogP contribution in [0.15, 0.2) is 53.5 Å². The highest BCUT2D eigenvalue weighted by Crippen LogP contribution is 2.12. The van der Waals surface area contributed by atoms with E-state index in [-0.39, 0.29) is 24.4 Å². The van der Waals surface area contributed by atoms with Gasteiger partial charge in [0.15, 0.2) is 5.96 Å². The summed E-state index contributed by atoms with van der Waals surface area (Å²) in [6.45, 7) is 5.27. The van der Waals surface area contributed by atoms with E-state index in [0.29, 0.717) is 36.9 Å². The maximum atomic E-state index is 13.0. The Morgan fingerprint density at radius 1 is 1.06 bits per heavy atom. The maximum absolute atomic E-state index is 13.0. The van der Waals surface area contributed by atoms with Gasteiger partial charge in [0.2, 0.25) is 5.91 Å². The van der Waals surface area contributed by atoms with Gasteiger partial charge in [-0.05, 0) is 55.8 Å². The van der Waals surface area contributed by atoms with Gasteiger partial charge in [0.25, 0.3) is 5.91 Å². The molecule has 1 atom stereocenters. The van der Waals surface area contributed by atoms with Crippen LogP contribution in [-0.2, 0) is 11.3 Å². The highest BCUT2D eigenvalue weighted by Gasteiger charge is 2.08. The van der Waals surface area contributed by atoms with Gasteiger partial charge in [0.1, 0.15) is 17.7 Å².